The van der Waals surface area contributed by atoms with E-state index in [0.717, 1.165) is 18.4 Å². The number of benzene rings is 1. The van der Waals surface area contributed by atoms with Crippen LogP contribution in [-0.4, -0.2) is 22.4 Å². The zero-order valence-electron chi connectivity index (χ0n) is 15.2. The van der Waals surface area contributed by atoms with Crippen molar-refractivity contribution in [3.8, 4) is 0 Å². The van der Waals surface area contributed by atoms with E-state index in [1.807, 2.05) is 42.1 Å². The monoisotopic (exact) mass is 354 g/mol. The number of carbonyl (C=O) groups excluding carboxylic acids is 1. The number of hydrogen-bond donors (Lipinski definition) is 2. The minimum atomic E-state index is -0.234. The Bertz CT molecular complexity index is 809. The molecule has 6 nitrogen and oxygen atoms in total. The summed E-state index contributed by atoms with van der Waals surface area (Å²) >= 11 is 0. The van der Waals surface area contributed by atoms with Crippen LogP contribution < -0.4 is 16.1 Å². The highest BCUT2D eigenvalue weighted by molar-refractivity contribution is 5.89. The number of urea groups is 1. The highest BCUT2D eigenvalue weighted by Gasteiger charge is 2.16. The Hall–Kier alpha value is -2.63. The molecule has 0 atom stereocenters. The molecule has 2 N–H and O–H groups in total. The summed E-state index contributed by atoms with van der Waals surface area (Å²) in [6, 6.07) is 9.32. The van der Waals surface area contributed by atoms with Gasteiger partial charge in [0.15, 0.2) is 0 Å². The molecule has 1 heterocycles. The molecular formula is C20H26N4O2. The third-order valence-electron chi connectivity index (χ3n) is 4.74. The van der Waals surface area contributed by atoms with E-state index in [1.54, 1.807) is 6.07 Å². The normalized spacial score (nSPS) is 14.8. The number of nitrogens with zero attached hydrogens (tertiary/aromatic N) is 2. The minimum Gasteiger partial charge on any atom is -0.338 e. The van der Waals surface area contributed by atoms with Gasteiger partial charge in [-0.25, -0.2) is 4.79 Å². The Balaban J connectivity index is 1.75. The van der Waals surface area contributed by atoms with Gasteiger partial charge in [-0.15, -0.1) is 0 Å². The Labute approximate surface area is 153 Å². The second-order valence-corrected chi connectivity index (χ2v) is 6.76. The number of aromatic nitrogens is 2. The van der Waals surface area contributed by atoms with Crippen LogP contribution in [0.15, 0.2) is 41.3 Å². The predicted molar refractivity (Wildman–Crippen MR) is 103 cm³/mol. The molecule has 0 unspecified atom stereocenters. The van der Waals surface area contributed by atoms with Gasteiger partial charge in [0.25, 0.3) is 0 Å². The fraction of sp³-hybridized carbons (Fsp3) is 0.450. The molecule has 0 saturated heterocycles. The largest absolute Gasteiger partial charge is 0.338 e. The van der Waals surface area contributed by atoms with Crippen LogP contribution in [0.4, 0.5) is 10.5 Å². The number of hydrogen-bond acceptors (Lipinski definition) is 3. The molecule has 1 aliphatic carbocycles. The van der Waals surface area contributed by atoms with Gasteiger partial charge < -0.3 is 10.6 Å². The van der Waals surface area contributed by atoms with Crippen molar-refractivity contribution in [2.45, 2.75) is 51.5 Å². The predicted octanol–water partition coefficient (Wildman–Crippen LogP) is 3.48. The maximum absolute atomic E-state index is 12.3. The zero-order chi connectivity index (χ0) is 18.4. The van der Waals surface area contributed by atoms with E-state index in [0.29, 0.717) is 30.4 Å². The highest BCUT2D eigenvalue weighted by Crippen LogP contribution is 2.27. The summed E-state index contributed by atoms with van der Waals surface area (Å²) in [6.45, 7) is 2.44. The van der Waals surface area contributed by atoms with Crippen LogP contribution in [0.2, 0.25) is 0 Å². The summed E-state index contributed by atoms with van der Waals surface area (Å²) in [5, 5.41) is 10.1. The molecule has 1 aromatic carbocycles. The van der Waals surface area contributed by atoms with Crippen molar-refractivity contribution in [1.82, 2.24) is 15.1 Å². The first-order valence-electron chi connectivity index (χ1n) is 9.38. The van der Waals surface area contributed by atoms with E-state index in [4.69, 9.17) is 0 Å². The van der Waals surface area contributed by atoms with Gasteiger partial charge in [-0.3, -0.25) is 9.48 Å². The molecule has 1 aromatic heterocycles. The SMILES string of the molecule is CCNC(=O)Nc1cccc(Cc2nn(C3CCCCC3)ccc2=O)c1. The van der Waals surface area contributed by atoms with E-state index >= 15 is 0 Å². The lowest BCUT2D eigenvalue weighted by molar-refractivity contribution is 0.252. The van der Waals surface area contributed by atoms with Gasteiger partial charge in [-0.1, -0.05) is 31.4 Å². The van der Waals surface area contributed by atoms with Crippen LogP contribution in [0, 0.1) is 0 Å². The van der Waals surface area contributed by atoms with Gasteiger partial charge in [-0.05, 0) is 37.5 Å². The van der Waals surface area contributed by atoms with Crippen LogP contribution in [0.3, 0.4) is 0 Å². The van der Waals surface area contributed by atoms with Gasteiger partial charge in [0.1, 0.15) is 5.69 Å². The smallest absolute Gasteiger partial charge is 0.319 e. The van der Waals surface area contributed by atoms with Crippen molar-refractivity contribution in [2.75, 3.05) is 11.9 Å². The van der Waals surface area contributed by atoms with E-state index in [9.17, 15) is 9.59 Å². The molecule has 0 spiro atoms. The Morgan fingerprint density at radius 1 is 1.23 bits per heavy atom. The Morgan fingerprint density at radius 2 is 2.04 bits per heavy atom. The van der Waals surface area contributed by atoms with Gasteiger partial charge >= 0.3 is 6.03 Å². The molecule has 1 fully saturated rings. The summed E-state index contributed by atoms with van der Waals surface area (Å²) in [6.07, 6.45) is 8.26. The molecule has 1 aliphatic rings. The quantitative estimate of drug-likeness (QED) is 0.863. The van der Waals surface area contributed by atoms with E-state index in [-0.39, 0.29) is 11.5 Å². The second-order valence-electron chi connectivity index (χ2n) is 6.76. The molecule has 1 saturated carbocycles. The average molecular weight is 354 g/mol. The minimum absolute atomic E-state index is 0.0425. The van der Waals surface area contributed by atoms with E-state index in [2.05, 4.69) is 15.7 Å². The number of carbonyl (C=O) groups is 1. The first-order chi connectivity index (χ1) is 12.7. The van der Waals surface area contributed by atoms with Gasteiger partial charge in [0.05, 0.1) is 6.04 Å². The first kappa shape index (κ1) is 18.2. The summed E-state index contributed by atoms with van der Waals surface area (Å²) in [5.41, 5.74) is 2.16. The average Bonchev–Trinajstić information content (AvgIpc) is 2.65. The maximum Gasteiger partial charge on any atom is 0.319 e. The highest BCUT2D eigenvalue weighted by atomic mass is 16.2. The van der Waals surface area contributed by atoms with Crippen LogP contribution in [0.1, 0.15) is 56.3 Å². The molecule has 0 aliphatic heterocycles. The third kappa shape index (κ3) is 4.71. The number of amides is 2. The van der Waals surface area contributed by atoms with Crippen molar-refractivity contribution in [3.05, 3.63) is 58.0 Å². The van der Waals surface area contributed by atoms with Gasteiger partial charge in [0.2, 0.25) is 5.43 Å². The fourth-order valence-corrected chi connectivity index (χ4v) is 3.42. The lowest BCUT2D eigenvalue weighted by Gasteiger charge is -2.23. The van der Waals surface area contributed by atoms with Gasteiger partial charge in [0, 0.05) is 30.9 Å². The van der Waals surface area contributed by atoms with Crippen LogP contribution in [0.25, 0.3) is 0 Å². The van der Waals surface area contributed by atoms with Gasteiger partial charge in [-0.2, -0.15) is 5.10 Å². The van der Waals surface area contributed by atoms with E-state index < -0.39 is 0 Å². The van der Waals surface area contributed by atoms with Crippen molar-refractivity contribution in [3.63, 3.8) is 0 Å². The number of anilines is 1. The topological polar surface area (TPSA) is 76.0 Å². The van der Waals surface area contributed by atoms with Crippen LogP contribution >= 0.6 is 0 Å². The second kappa shape index (κ2) is 8.65. The Morgan fingerprint density at radius 3 is 2.81 bits per heavy atom. The molecule has 0 radical (unpaired) electrons. The lowest BCUT2D eigenvalue weighted by Crippen LogP contribution is -2.28. The van der Waals surface area contributed by atoms with Crippen LogP contribution in [-0.2, 0) is 6.42 Å². The van der Waals surface area contributed by atoms with Crippen molar-refractivity contribution >= 4 is 11.7 Å². The standard InChI is InChI=1S/C20H26N4O2/c1-2-21-20(26)22-16-8-6-7-15(13-16)14-18-19(25)11-12-24(23-18)17-9-4-3-5-10-17/h6-8,11-13,17H,2-5,9-10,14H2,1H3,(H2,21,22,26). The summed E-state index contributed by atoms with van der Waals surface area (Å²) < 4.78 is 1.96. The number of rotatable bonds is 5. The molecule has 138 valence electrons. The molecular weight excluding hydrogens is 328 g/mol. The lowest BCUT2D eigenvalue weighted by atomic mass is 9.96. The summed E-state index contributed by atoms with van der Waals surface area (Å²) in [4.78, 5) is 23.9. The summed E-state index contributed by atoms with van der Waals surface area (Å²) in [7, 11) is 0. The number of nitrogens with one attached hydrogen (secondary N) is 2. The Kier molecular flexibility index (Phi) is 6.04. The molecule has 2 amide bonds. The third-order valence-corrected chi connectivity index (χ3v) is 4.74. The zero-order valence-corrected chi connectivity index (χ0v) is 15.2. The molecule has 6 heteroatoms. The molecule has 0 bridgehead atoms. The first-order valence-corrected chi connectivity index (χ1v) is 9.38. The molecule has 3 rings (SSSR count). The van der Waals surface area contributed by atoms with Crippen molar-refractivity contribution in [2.24, 2.45) is 0 Å². The van der Waals surface area contributed by atoms with E-state index in [1.165, 1.54) is 19.3 Å². The maximum atomic E-state index is 12.3. The fourth-order valence-electron chi connectivity index (χ4n) is 3.42. The van der Waals surface area contributed by atoms with Crippen LogP contribution in [0.5, 0.6) is 0 Å². The molecule has 26 heavy (non-hydrogen) atoms. The van der Waals surface area contributed by atoms with Crippen molar-refractivity contribution in [1.29, 1.82) is 0 Å². The summed E-state index contributed by atoms with van der Waals surface area (Å²) in [5.74, 6) is 0. The van der Waals surface area contributed by atoms with Crippen molar-refractivity contribution < 1.29 is 4.79 Å². The molecule has 2 aromatic rings.